The summed E-state index contributed by atoms with van der Waals surface area (Å²) in [6.07, 6.45) is 3.27. The van der Waals surface area contributed by atoms with Crippen LogP contribution in [0.2, 0.25) is 10.0 Å². The molecule has 0 fully saturated rings. The maximum absolute atomic E-state index is 11.7. The van der Waals surface area contributed by atoms with E-state index in [1.165, 1.54) is 0 Å². The third-order valence-electron chi connectivity index (χ3n) is 2.25. The lowest BCUT2D eigenvalue weighted by Gasteiger charge is -2.05. The minimum atomic E-state index is -0.102. The first-order chi connectivity index (χ1) is 7.65. The Bertz CT molecular complexity index is 366. The number of hydrogen-bond donors (Lipinski definition) is 1. The summed E-state index contributed by atoms with van der Waals surface area (Å²) in [4.78, 5) is 11.7. The number of halogens is 2. The number of benzene rings is 1. The second-order valence-electron chi connectivity index (χ2n) is 3.59. The van der Waals surface area contributed by atoms with Crippen LogP contribution in [0.15, 0.2) is 18.2 Å². The zero-order valence-electron chi connectivity index (χ0n) is 9.22. The van der Waals surface area contributed by atoms with Gasteiger partial charge < -0.3 is 5.32 Å². The maximum Gasteiger partial charge on any atom is 0.251 e. The van der Waals surface area contributed by atoms with Crippen molar-refractivity contribution >= 4 is 29.1 Å². The summed E-state index contributed by atoms with van der Waals surface area (Å²) in [5.41, 5.74) is 0.547. The molecule has 0 unspecified atom stereocenters. The molecule has 1 aromatic rings. The standard InChI is InChI=1S/C12H15Cl2NO/c1-2-3-4-7-15-12(16)9-5-6-10(13)11(14)8-9/h5-6,8H,2-4,7H2,1H3,(H,15,16). The molecule has 88 valence electrons. The molecule has 0 atom stereocenters. The molecule has 1 aromatic carbocycles. The number of hydrogen-bond acceptors (Lipinski definition) is 1. The second-order valence-corrected chi connectivity index (χ2v) is 4.41. The number of amides is 1. The molecule has 0 aliphatic rings. The molecule has 0 saturated heterocycles. The summed E-state index contributed by atoms with van der Waals surface area (Å²) >= 11 is 11.6. The zero-order chi connectivity index (χ0) is 12.0. The average molecular weight is 260 g/mol. The Morgan fingerprint density at radius 1 is 1.25 bits per heavy atom. The SMILES string of the molecule is CCCCCNC(=O)c1ccc(Cl)c(Cl)c1. The van der Waals surface area contributed by atoms with E-state index in [0.29, 0.717) is 22.2 Å². The molecular weight excluding hydrogens is 245 g/mol. The van der Waals surface area contributed by atoms with Crippen LogP contribution in [-0.2, 0) is 0 Å². The van der Waals surface area contributed by atoms with Gasteiger partial charge in [-0.3, -0.25) is 4.79 Å². The van der Waals surface area contributed by atoms with E-state index in [2.05, 4.69) is 12.2 Å². The molecule has 0 heterocycles. The van der Waals surface area contributed by atoms with Gasteiger partial charge in [-0.25, -0.2) is 0 Å². The monoisotopic (exact) mass is 259 g/mol. The lowest BCUT2D eigenvalue weighted by Crippen LogP contribution is -2.24. The fourth-order valence-electron chi connectivity index (χ4n) is 1.32. The molecule has 0 saturated carbocycles. The van der Waals surface area contributed by atoms with Crippen molar-refractivity contribution in [3.05, 3.63) is 33.8 Å². The van der Waals surface area contributed by atoms with Gasteiger partial charge in [-0.2, -0.15) is 0 Å². The van der Waals surface area contributed by atoms with Crippen LogP contribution in [0.4, 0.5) is 0 Å². The van der Waals surface area contributed by atoms with Crippen LogP contribution >= 0.6 is 23.2 Å². The molecule has 0 aromatic heterocycles. The quantitative estimate of drug-likeness (QED) is 0.799. The highest BCUT2D eigenvalue weighted by Gasteiger charge is 2.06. The molecule has 1 amide bonds. The first-order valence-corrected chi connectivity index (χ1v) is 6.14. The van der Waals surface area contributed by atoms with Crippen LogP contribution in [0.5, 0.6) is 0 Å². The van der Waals surface area contributed by atoms with E-state index in [0.717, 1.165) is 19.3 Å². The molecule has 0 bridgehead atoms. The lowest BCUT2D eigenvalue weighted by atomic mass is 10.2. The summed E-state index contributed by atoms with van der Waals surface area (Å²) in [6, 6.07) is 4.88. The van der Waals surface area contributed by atoms with E-state index in [-0.39, 0.29) is 5.91 Å². The average Bonchev–Trinajstić information content (AvgIpc) is 2.28. The van der Waals surface area contributed by atoms with Crippen LogP contribution in [0.25, 0.3) is 0 Å². The summed E-state index contributed by atoms with van der Waals surface area (Å²) in [5.74, 6) is -0.102. The van der Waals surface area contributed by atoms with Gasteiger partial charge in [0.15, 0.2) is 0 Å². The highest BCUT2D eigenvalue weighted by atomic mass is 35.5. The van der Waals surface area contributed by atoms with Gasteiger partial charge in [0.2, 0.25) is 0 Å². The molecule has 16 heavy (non-hydrogen) atoms. The van der Waals surface area contributed by atoms with Crippen LogP contribution in [0, 0.1) is 0 Å². The molecule has 1 rings (SSSR count). The molecule has 0 radical (unpaired) electrons. The zero-order valence-corrected chi connectivity index (χ0v) is 10.7. The Kier molecular flexibility index (Phi) is 5.64. The van der Waals surface area contributed by atoms with Gasteiger partial charge in [0.05, 0.1) is 10.0 Å². The summed E-state index contributed by atoms with van der Waals surface area (Å²) in [5, 5.41) is 3.71. The van der Waals surface area contributed by atoms with Gasteiger partial charge in [-0.05, 0) is 24.6 Å². The predicted octanol–water partition coefficient (Wildman–Crippen LogP) is 3.91. The first-order valence-electron chi connectivity index (χ1n) is 5.38. The number of rotatable bonds is 5. The van der Waals surface area contributed by atoms with Crippen molar-refractivity contribution in [2.45, 2.75) is 26.2 Å². The van der Waals surface area contributed by atoms with Crippen molar-refractivity contribution < 1.29 is 4.79 Å². The van der Waals surface area contributed by atoms with Crippen molar-refractivity contribution in [2.75, 3.05) is 6.54 Å². The number of unbranched alkanes of at least 4 members (excludes halogenated alkanes) is 2. The van der Waals surface area contributed by atoms with E-state index in [9.17, 15) is 4.79 Å². The van der Waals surface area contributed by atoms with Gasteiger partial charge in [0.25, 0.3) is 5.91 Å². The highest BCUT2D eigenvalue weighted by molar-refractivity contribution is 6.42. The van der Waals surface area contributed by atoms with E-state index in [4.69, 9.17) is 23.2 Å². The number of nitrogens with one attached hydrogen (secondary N) is 1. The Labute approximate surface area is 106 Å². The molecule has 0 aliphatic carbocycles. The van der Waals surface area contributed by atoms with Crippen LogP contribution < -0.4 is 5.32 Å². The minimum Gasteiger partial charge on any atom is -0.352 e. The van der Waals surface area contributed by atoms with Crippen molar-refractivity contribution in [3.63, 3.8) is 0 Å². The third kappa shape index (κ3) is 4.03. The van der Waals surface area contributed by atoms with E-state index < -0.39 is 0 Å². The molecule has 0 aliphatic heterocycles. The fraction of sp³-hybridized carbons (Fsp3) is 0.417. The maximum atomic E-state index is 11.7. The van der Waals surface area contributed by atoms with Crippen LogP contribution in [-0.4, -0.2) is 12.5 Å². The van der Waals surface area contributed by atoms with E-state index in [1.807, 2.05) is 0 Å². The van der Waals surface area contributed by atoms with Crippen molar-refractivity contribution in [1.82, 2.24) is 5.32 Å². The smallest absolute Gasteiger partial charge is 0.251 e. The first kappa shape index (κ1) is 13.3. The fourth-order valence-corrected chi connectivity index (χ4v) is 1.61. The molecular formula is C12H15Cl2NO. The topological polar surface area (TPSA) is 29.1 Å². The summed E-state index contributed by atoms with van der Waals surface area (Å²) < 4.78 is 0. The normalized spacial score (nSPS) is 10.2. The Balaban J connectivity index is 2.50. The predicted molar refractivity (Wildman–Crippen MR) is 68.3 cm³/mol. The molecule has 2 nitrogen and oxygen atoms in total. The van der Waals surface area contributed by atoms with Crippen molar-refractivity contribution in [3.8, 4) is 0 Å². The molecule has 4 heteroatoms. The Hall–Kier alpha value is -0.730. The van der Waals surface area contributed by atoms with Crippen molar-refractivity contribution in [2.24, 2.45) is 0 Å². The van der Waals surface area contributed by atoms with Gasteiger partial charge in [-0.1, -0.05) is 43.0 Å². The Morgan fingerprint density at radius 3 is 2.62 bits per heavy atom. The van der Waals surface area contributed by atoms with E-state index >= 15 is 0 Å². The number of carbonyl (C=O) groups is 1. The third-order valence-corrected chi connectivity index (χ3v) is 2.99. The lowest BCUT2D eigenvalue weighted by molar-refractivity contribution is 0.0953. The molecule has 1 N–H and O–H groups in total. The van der Waals surface area contributed by atoms with Gasteiger partial charge in [0.1, 0.15) is 0 Å². The minimum absolute atomic E-state index is 0.102. The molecule has 0 spiro atoms. The van der Waals surface area contributed by atoms with Gasteiger partial charge in [-0.15, -0.1) is 0 Å². The highest BCUT2D eigenvalue weighted by Crippen LogP contribution is 2.22. The van der Waals surface area contributed by atoms with Crippen LogP contribution in [0.1, 0.15) is 36.5 Å². The largest absolute Gasteiger partial charge is 0.352 e. The van der Waals surface area contributed by atoms with Crippen LogP contribution in [0.3, 0.4) is 0 Å². The van der Waals surface area contributed by atoms with Gasteiger partial charge in [0, 0.05) is 12.1 Å². The second kappa shape index (κ2) is 6.77. The van der Waals surface area contributed by atoms with Crippen molar-refractivity contribution in [1.29, 1.82) is 0 Å². The van der Waals surface area contributed by atoms with Gasteiger partial charge >= 0.3 is 0 Å². The number of carbonyl (C=O) groups excluding carboxylic acids is 1. The summed E-state index contributed by atoms with van der Waals surface area (Å²) in [7, 11) is 0. The van der Waals surface area contributed by atoms with E-state index in [1.54, 1.807) is 18.2 Å². The summed E-state index contributed by atoms with van der Waals surface area (Å²) in [6.45, 7) is 2.83. The Morgan fingerprint density at radius 2 is 2.00 bits per heavy atom.